The number of fused-ring (bicyclic) bond motifs is 1. The number of nitrogens with zero attached hydrogens (tertiary/aromatic N) is 3. The van der Waals surface area contributed by atoms with Crippen LogP contribution in [0.3, 0.4) is 0 Å². The van der Waals surface area contributed by atoms with Gasteiger partial charge in [0.2, 0.25) is 0 Å². The molecular formula is C15H18N4OS. The molecule has 110 valence electrons. The van der Waals surface area contributed by atoms with Gasteiger partial charge in [0, 0.05) is 29.7 Å². The van der Waals surface area contributed by atoms with Gasteiger partial charge in [0.15, 0.2) is 5.58 Å². The minimum Gasteiger partial charge on any atom is -0.431 e. The Balaban J connectivity index is 1.69. The van der Waals surface area contributed by atoms with Crippen molar-refractivity contribution >= 4 is 28.5 Å². The molecule has 0 saturated heterocycles. The third-order valence-electron chi connectivity index (χ3n) is 3.44. The van der Waals surface area contributed by atoms with E-state index in [0.29, 0.717) is 17.0 Å². The molecule has 0 saturated carbocycles. The van der Waals surface area contributed by atoms with E-state index in [1.165, 1.54) is 0 Å². The fourth-order valence-corrected chi connectivity index (χ4v) is 2.74. The number of benzene rings is 1. The van der Waals surface area contributed by atoms with Gasteiger partial charge in [-0.1, -0.05) is 18.7 Å². The van der Waals surface area contributed by atoms with Gasteiger partial charge in [0.25, 0.3) is 5.22 Å². The standard InChI is InChI=1S/C15H18N4OS/c1-3-10(2)19-7-6-12(18-19)9-21-15-17-13-5-4-11(16)8-14(13)20-15/h4-8,10H,3,9,16H2,1-2H3. The smallest absolute Gasteiger partial charge is 0.257 e. The molecule has 1 aromatic carbocycles. The molecule has 3 rings (SSSR count). The Hall–Kier alpha value is -1.95. The molecule has 0 amide bonds. The highest BCUT2D eigenvalue weighted by molar-refractivity contribution is 7.98. The second kappa shape index (κ2) is 5.81. The zero-order chi connectivity index (χ0) is 14.8. The summed E-state index contributed by atoms with van der Waals surface area (Å²) < 4.78 is 7.69. The van der Waals surface area contributed by atoms with Crippen molar-refractivity contribution in [3.63, 3.8) is 0 Å². The average Bonchev–Trinajstić information content (AvgIpc) is 3.10. The van der Waals surface area contributed by atoms with E-state index in [2.05, 4.69) is 23.9 Å². The second-order valence-corrected chi connectivity index (χ2v) is 5.97. The number of nitrogen functional groups attached to an aromatic ring is 1. The van der Waals surface area contributed by atoms with Crippen LogP contribution in [0.15, 0.2) is 40.1 Å². The zero-order valence-electron chi connectivity index (χ0n) is 12.1. The molecule has 0 fully saturated rings. The summed E-state index contributed by atoms with van der Waals surface area (Å²) in [5.41, 5.74) is 9.00. The van der Waals surface area contributed by atoms with Crippen LogP contribution in [0.2, 0.25) is 0 Å². The highest BCUT2D eigenvalue weighted by atomic mass is 32.2. The maximum Gasteiger partial charge on any atom is 0.257 e. The molecule has 2 N–H and O–H groups in total. The largest absolute Gasteiger partial charge is 0.431 e. The van der Waals surface area contributed by atoms with Crippen molar-refractivity contribution in [2.75, 3.05) is 5.73 Å². The Morgan fingerprint density at radius 2 is 2.24 bits per heavy atom. The molecule has 1 unspecified atom stereocenters. The van der Waals surface area contributed by atoms with Crippen molar-refractivity contribution in [3.05, 3.63) is 36.2 Å². The molecule has 5 nitrogen and oxygen atoms in total. The Kier molecular flexibility index (Phi) is 3.88. The Labute approximate surface area is 127 Å². The molecule has 0 bridgehead atoms. The summed E-state index contributed by atoms with van der Waals surface area (Å²) in [5.74, 6) is 0.742. The van der Waals surface area contributed by atoms with Gasteiger partial charge in [-0.25, -0.2) is 4.98 Å². The summed E-state index contributed by atoms with van der Waals surface area (Å²) in [4.78, 5) is 4.43. The Bertz CT molecular complexity index is 749. The van der Waals surface area contributed by atoms with Gasteiger partial charge in [-0.05, 0) is 31.5 Å². The number of thioether (sulfide) groups is 1. The van der Waals surface area contributed by atoms with Crippen LogP contribution in [0.5, 0.6) is 0 Å². The van der Waals surface area contributed by atoms with Crippen molar-refractivity contribution < 1.29 is 4.42 Å². The van der Waals surface area contributed by atoms with Crippen LogP contribution >= 0.6 is 11.8 Å². The van der Waals surface area contributed by atoms with E-state index in [1.807, 2.05) is 29.1 Å². The van der Waals surface area contributed by atoms with Gasteiger partial charge in [0.05, 0.1) is 5.69 Å². The van der Waals surface area contributed by atoms with E-state index in [1.54, 1.807) is 17.8 Å². The van der Waals surface area contributed by atoms with Crippen molar-refractivity contribution in [2.24, 2.45) is 0 Å². The quantitative estimate of drug-likeness (QED) is 0.572. The van der Waals surface area contributed by atoms with Crippen molar-refractivity contribution in [1.29, 1.82) is 0 Å². The molecule has 0 spiro atoms. The molecule has 0 radical (unpaired) electrons. The van der Waals surface area contributed by atoms with Gasteiger partial charge in [0.1, 0.15) is 5.52 Å². The van der Waals surface area contributed by atoms with Crippen molar-refractivity contribution in [2.45, 2.75) is 37.3 Å². The van der Waals surface area contributed by atoms with Crippen LogP contribution in [-0.2, 0) is 5.75 Å². The van der Waals surface area contributed by atoms with Crippen molar-refractivity contribution in [1.82, 2.24) is 14.8 Å². The molecule has 2 aromatic heterocycles. The number of aromatic nitrogens is 3. The predicted molar refractivity (Wildman–Crippen MR) is 85.2 cm³/mol. The predicted octanol–water partition coefficient (Wildman–Crippen LogP) is 3.87. The second-order valence-electron chi connectivity index (χ2n) is 5.04. The third-order valence-corrected chi connectivity index (χ3v) is 4.30. The number of nitrogens with two attached hydrogens (primary N) is 1. The normalized spacial score (nSPS) is 12.9. The molecule has 3 aromatic rings. The van der Waals surface area contributed by atoms with Gasteiger partial charge >= 0.3 is 0 Å². The molecule has 21 heavy (non-hydrogen) atoms. The number of rotatable bonds is 5. The molecule has 0 aliphatic rings. The minimum atomic E-state index is 0.427. The number of hydrogen-bond donors (Lipinski definition) is 1. The summed E-state index contributed by atoms with van der Waals surface area (Å²) in [6.45, 7) is 4.32. The first kappa shape index (κ1) is 14.0. The molecular weight excluding hydrogens is 284 g/mol. The minimum absolute atomic E-state index is 0.427. The van der Waals surface area contributed by atoms with Crippen LogP contribution in [0.25, 0.3) is 11.1 Å². The number of oxazole rings is 1. The van der Waals surface area contributed by atoms with Crippen LogP contribution in [0, 0.1) is 0 Å². The van der Waals surface area contributed by atoms with E-state index in [4.69, 9.17) is 10.2 Å². The highest BCUT2D eigenvalue weighted by Crippen LogP contribution is 2.27. The van der Waals surface area contributed by atoms with E-state index in [9.17, 15) is 0 Å². The zero-order valence-corrected chi connectivity index (χ0v) is 12.9. The van der Waals surface area contributed by atoms with Crippen LogP contribution in [0.1, 0.15) is 32.0 Å². The number of hydrogen-bond acceptors (Lipinski definition) is 5. The van der Waals surface area contributed by atoms with Crippen LogP contribution in [-0.4, -0.2) is 14.8 Å². The lowest BCUT2D eigenvalue weighted by atomic mass is 10.3. The number of anilines is 1. The first-order valence-corrected chi connectivity index (χ1v) is 7.97. The first-order chi connectivity index (χ1) is 10.2. The van der Waals surface area contributed by atoms with Crippen LogP contribution in [0.4, 0.5) is 5.69 Å². The summed E-state index contributed by atoms with van der Waals surface area (Å²) in [5, 5.41) is 5.22. The van der Waals surface area contributed by atoms with E-state index in [-0.39, 0.29) is 0 Å². The monoisotopic (exact) mass is 302 g/mol. The Morgan fingerprint density at radius 1 is 1.38 bits per heavy atom. The van der Waals surface area contributed by atoms with Gasteiger partial charge in [-0.3, -0.25) is 4.68 Å². The summed E-state index contributed by atoms with van der Waals surface area (Å²) in [7, 11) is 0. The maximum atomic E-state index is 5.74. The third kappa shape index (κ3) is 3.05. The van der Waals surface area contributed by atoms with Crippen LogP contribution < -0.4 is 5.73 Å². The first-order valence-electron chi connectivity index (χ1n) is 6.98. The van der Waals surface area contributed by atoms with E-state index in [0.717, 1.165) is 29.0 Å². The summed E-state index contributed by atoms with van der Waals surface area (Å²) >= 11 is 1.54. The molecule has 0 aliphatic heterocycles. The SMILES string of the molecule is CCC(C)n1ccc(CSc2nc3ccc(N)cc3o2)n1. The van der Waals surface area contributed by atoms with Gasteiger partial charge in [-0.15, -0.1) is 0 Å². The molecule has 1 atom stereocenters. The average molecular weight is 302 g/mol. The Morgan fingerprint density at radius 3 is 3.05 bits per heavy atom. The van der Waals surface area contributed by atoms with Gasteiger partial charge < -0.3 is 10.2 Å². The maximum absolute atomic E-state index is 5.74. The van der Waals surface area contributed by atoms with Crippen molar-refractivity contribution in [3.8, 4) is 0 Å². The lowest BCUT2D eigenvalue weighted by Gasteiger charge is -2.07. The lowest BCUT2D eigenvalue weighted by molar-refractivity contribution is 0.474. The summed E-state index contributed by atoms with van der Waals surface area (Å²) in [6.07, 6.45) is 3.09. The van der Waals surface area contributed by atoms with E-state index >= 15 is 0 Å². The van der Waals surface area contributed by atoms with Gasteiger partial charge in [-0.2, -0.15) is 5.10 Å². The molecule has 6 heteroatoms. The molecule has 0 aliphatic carbocycles. The fraction of sp³-hybridized carbons (Fsp3) is 0.333. The fourth-order valence-electron chi connectivity index (χ4n) is 2.00. The highest BCUT2D eigenvalue weighted by Gasteiger charge is 2.09. The molecule has 2 heterocycles. The summed E-state index contributed by atoms with van der Waals surface area (Å²) in [6, 6.07) is 7.96. The lowest BCUT2D eigenvalue weighted by Crippen LogP contribution is -2.04. The van der Waals surface area contributed by atoms with E-state index < -0.39 is 0 Å². The topological polar surface area (TPSA) is 69.9 Å².